The van der Waals surface area contributed by atoms with Crippen LogP contribution in [0.1, 0.15) is 0 Å². The number of halogens is 3. The third-order valence-electron chi connectivity index (χ3n) is 0.0714. The maximum atomic E-state index is 10.7. The predicted octanol–water partition coefficient (Wildman–Crippen LogP) is 1.93. The first-order chi connectivity index (χ1) is 1.91. The molecule has 0 heterocycles. The van der Waals surface area contributed by atoms with Gasteiger partial charge in [-0.15, -0.1) is 17.0 Å². The van der Waals surface area contributed by atoms with Gasteiger partial charge < -0.3 is 0 Å². The molecule has 0 saturated carbocycles. The Morgan fingerprint density at radius 2 is 1.80 bits per heavy atom. The second-order valence-corrected chi connectivity index (χ2v) is 1.17. The molecule has 0 spiro atoms. The topological polar surface area (TPSA) is 0 Å². The molecule has 5 heavy (non-hydrogen) atoms. The molecular formula is C2H5Br2F. The van der Waals surface area contributed by atoms with Crippen LogP contribution >= 0.6 is 32.9 Å². The average molecular weight is 208 g/mol. The van der Waals surface area contributed by atoms with Crippen LogP contribution in [-0.4, -0.2) is 12.0 Å². The normalized spacial score (nSPS) is 6.00. The van der Waals surface area contributed by atoms with E-state index in [9.17, 15) is 4.39 Å². The zero-order chi connectivity index (χ0) is 3.41. The summed E-state index contributed by atoms with van der Waals surface area (Å²) in [5.41, 5.74) is 0. The molecule has 0 bridgehead atoms. The number of hydrogen-bond acceptors (Lipinski definition) is 0. The van der Waals surface area contributed by atoms with Crippen LogP contribution in [0.25, 0.3) is 0 Å². The van der Waals surface area contributed by atoms with E-state index in [-0.39, 0.29) is 23.7 Å². The standard InChI is InChI=1S/C2H4BrF.BrH/c3-1-2-4;/h1-2H2;1H. The quantitative estimate of drug-likeness (QED) is 0.577. The minimum atomic E-state index is -0.264. The minimum absolute atomic E-state index is 0. The molecule has 0 saturated heterocycles. The molecule has 0 amide bonds. The molecule has 0 rings (SSSR count). The molecule has 0 nitrogen and oxygen atoms in total. The lowest BCUT2D eigenvalue weighted by Crippen LogP contribution is -1.65. The first kappa shape index (κ1) is 9.31. The summed E-state index contributed by atoms with van der Waals surface area (Å²) in [5.74, 6) is 0. The highest BCUT2D eigenvalue weighted by molar-refractivity contribution is 9.09. The summed E-state index contributed by atoms with van der Waals surface area (Å²) in [5, 5.41) is 0.465. The van der Waals surface area contributed by atoms with E-state index in [4.69, 9.17) is 0 Å². The molecule has 0 aromatic heterocycles. The van der Waals surface area contributed by atoms with Gasteiger partial charge in [-0.2, -0.15) is 0 Å². The Kier molecular flexibility index (Phi) is 16.5. The summed E-state index contributed by atoms with van der Waals surface area (Å²) in [4.78, 5) is 0. The van der Waals surface area contributed by atoms with Crippen molar-refractivity contribution in [1.29, 1.82) is 0 Å². The summed E-state index contributed by atoms with van der Waals surface area (Å²) < 4.78 is 10.7. The van der Waals surface area contributed by atoms with Crippen molar-refractivity contribution in [3.05, 3.63) is 0 Å². The first-order valence-corrected chi connectivity index (χ1v) is 2.16. The van der Waals surface area contributed by atoms with Gasteiger partial charge in [0.1, 0.15) is 0 Å². The molecule has 0 fully saturated rings. The summed E-state index contributed by atoms with van der Waals surface area (Å²) in [7, 11) is 0. The molecule has 0 aliphatic heterocycles. The molecule has 0 aromatic carbocycles. The maximum Gasteiger partial charge on any atom is 0.0991 e. The third kappa shape index (κ3) is 11.4. The van der Waals surface area contributed by atoms with Crippen LogP contribution in [0.5, 0.6) is 0 Å². The van der Waals surface area contributed by atoms with Gasteiger partial charge in [-0.25, -0.2) is 0 Å². The largest absolute Gasteiger partial charge is 0.250 e. The second-order valence-electron chi connectivity index (χ2n) is 0.378. The predicted molar refractivity (Wildman–Crippen MR) is 30.1 cm³/mol. The van der Waals surface area contributed by atoms with Gasteiger partial charge in [-0.3, -0.25) is 4.39 Å². The van der Waals surface area contributed by atoms with Crippen molar-refractivity contribution in [3.8, 4) is 0 Å². The summed E-state index contributed by atoms with van der Waals surface area (Å²) >= 11 is 2.87. The van der Waals surface area contributed by atoms with Gasteiger partial charge in [0.05, 0.1) is 6.67 Å². The van der Waals surface area contributed by atoms with E-state index in [1.54, 1.807) is 0 Å². The molecule has 0 atom stereocenters. The Morgan fingerprint density at radius 1 is 1.60 bits per heavy atom. The number of hydrogen-bond donors (Lipinski definition) is 0. The SMILES string of the molecule is Br.FCCBr. The smallest absolute Gasteiger partial charge is 0.0991 e. The third-order valence-corrected chi connectivity index (χ3v) is 0.371. The van der Waals surface area contributed by atoms with Gasteiger partial charge >= 0.3 is 0 Å². The van der Waals surface area contributed by atoms with Crippen LogP contribution < -0.4 is 0 Å². The van der Waals surface area contributed by atoms with Gasteiger partial charge in [0.2, 0.25) is 0 Å². The Bertz CT molecular complexity index is 9.61. The van der Waals surface area contributed by atoms with Crippen molar-refractivity contribution in [3.63, 3.8) is 0 Å². The van der Waals surface area contributed by atoms with Crippen molar-refractivity contribution < 1.29 is 4.39 Å². The van der Waals surface area contributed by atoms with Crippen LogP contribution in [-0.2, 0) is 0 Å². The highest BCUT2D eigenvalue weighted by atomic mass is 79.9. The molecule has 0 aliphatic rings. The fourth-order valence-corrected chi connectivity index (χ4v) is 0. The van der Waals surface area contributed by atoms with Gasteiger partial charge in [-0.1, -0.05) is 15.9 Å². The highest BCUT2D eigenvalue weighted by Crippen LogP contribution is 1.75. The van der Waals surface area contributed by atoms with Crippen LogP contribution in [0.15, 0.2) is 0 Å². The van der Waals surface area contributed by atoms with Crippen LogP contribution in [0.3, 0.4) is 0 Å². The van der Waals surface area contributed by atoms with Crippen molar-refractivity contribution >= 4 is 32.9 Å². The van der Waals surface area contributed by atoms with Crippen LogP contribution in [0.4, 0.5) is 4.39 Å². The Balaban J connectivity index is 0. The zero-order valence-corrected chi connectivity index (χ0v) is 5.88. The van der Waals surface area contributed by atoms with Crippen LogP contribution in [0.2, 0.25) is 0 Å². The van der Waals surface area contributed by atoms with Gasteiger partial charge in [0.15, 0.2) is 0 Å². The molecule has 34 valence electrons. The lowest BCUT2D eigenvalue weighted by molar-refractivity contribution is 0.535. The molecule has 0 unspecified atom stereocenters. The zero-order valence-electron chi connectivity index (χ0n) is 2.58. The Morgan fingerprint density at radius 3 is 1.80 bits per heavy atom. The molecular weight excluding hydrogens is 203 g/mol. The highest BCUT2D eigenvalue weighted by Gasteiger charge is 1.63. The fraction of sp³-hybridized carbons (Fsp3) is 1.00. The van der Waals surface area contributed by atoms with Gasteiger partial charge in [0, 0.05) is 5.33 Å². The van der Waals surface area contributed by atoms with Crippen molar-refractivity contribution in [1.82, 2.24) is 0 Å². The lowest BCUT2D eigenvalue weighted by atomic mass is 10.9. The number of rotatable bonds is 1. The molecule has 0 N–H and O–H groups in total. The van der Waals surface area contributed by atoms with Gasteiger partial charge in [-0.05, 0) is 0 Å². The number of alkyl halides is 2. The van der Waals surface area contributed by atoms with Crippen molar-refractivity contribution in [2.45, 2.75) is 0 Å². The maximum absolute atomic E-state index is 10.7. The Hall–Kier alpha value is 0.890. The monoisotopic (exact) mass is 206 g/mol. The summed E-state index contributed by atoms with van der Waals surface area (Å²) in [6.45, 7) is -0.264. The average Bonchev–Trinajstić information content (AvgIpc) is 1.37. The van der Waals surface area contributed by atoms with E-state index in [1.807, 2.05) is 0 Å². The molecule has 3 heteroatoms. The van der Waals surface area contributed by atoms with Crippen molar-refractivity contribution in [2.75, 3.05) is 12.0 Å². The molecule has 0 aliphatic carbocycles. The fourth-order valence-electron chi connectivity index (χ4n) is 0. The van der Waals surface area contributed by atoms with Crippen molar-refractivity contribution in [2.24, 2.45) is 0 Å². The second kappa shape index (κ2) is 8.86. The van der Waals surface area contributed by atoms with E-state index in [0.29, 0.717) is 5.33 Å². The lowest BCUT2D eigenvalue weighted by Gasteiger charge is -1.62. The van der Waals surface area contributed by atoms with E-state index in [1.165, 1.54) is 0 Å². The first-order valence-electron chi connectivity index (χ1n) is 1.03. The van der Waals surface area contributed by atoms with E-state index >= 15 is 0 Å². The van der Waals surface area contributed by atoms with E-state index < -0.39 is 0 Å². The summed E-state index contributed by atoms with van der Waals surface area (Å²) in [6, 6.07) is 0. The minimum Gasteiger partial charge on any atom is -0.250 e. The summed E-state index contributed by atoms with van der Waals surface area (Å²) in [6.07, 6.45) is 0. The van der Waals surface area contributed by atoms with E-state index in [0.717, 1.165) is 0 Å². The molecule has 0 radical (unpaired) electrons. The van der Waals surface area contributed by atoms with Crippen LogP contribution in [0, 0.1) is 0 Å². The Labute approximate surface area is 49.6 Å². The van der Waals surface area contributed by atoms with Gasteiger partial charge in [0.25, 0.3) is 0 Å². The molecule has 0 aromatic rings. The van der Waals surface area contributed by atoms with E-state index in [2.05, 4.69) is 15.9 Å².